The van der Waals surface area contributed by atoms with Gasteiger partial charge in [0, 0.05) is 12.1 Å². The van der Waals surface area contributed by atoms with Crippen LogP contribution in [0.1, 0.15) is 28.8 Å². The molecular weight excluding hydrogens is 464 g/mol. The number of hydrogen-bond donors (Lipinski definition) is 1. The highest BCUT2D eigenvalue weighted by molar-refractivity contribution is 6.08. The summed E-state index contributed by atoms with van der Waals surface area (Å²) in [5.41, 5.74) is 1.47. The van der Waals surface area contributed by atoms with Gasteiger partial charge in [-0.25, -0.2) is 9.59 Å². The Labute approximate surface area is 208 Å². The predicted molar refractivity (Wildman–Crippen MR) is 129 cm³/mol. The lowest BCUT2D eigenvalue weighted by Crippen LogP contribution is -2.48. The maximum absolute atomic E-state index is 13.1. The topological polar surface area (TPSA) is 119 Å². The average Bonchev–Trinajstić information content (AvgIpc) is 3.16. The molecule has 0 unspecified atom stereocenters. The third kappa shape index (κ3) is 5.35. The molecule has 3 amide bonds. The van der Waals surface area contributed by atoms with Gasteiger partial charge in [-0.2, -0.15) is 0 Å². The van der Waals surface area contributed by atoms with Crippen LogP contribution in [0, 0.1) is 11.8 Å². The summed E-state index contributed by atoms with van der Waals surface area (Å²) in [5, 5.41) is 2.57. The van der Waals surface area contributed by atoms with Gasteiger partial charge in [0.15, 0.2) is 6.61 Å². The second-order valence-corrected chi connectivity index (χ2v) is 8.63. The van der Waals surface area contributed by atoms with Crippen molar-refractivity contribution in [3.05, 3.63) is 77.9 Å². The predicted octanol–water partition coefficient (Wildman–Crippen LogP) is 2.52. The van der Waals surface area contributed by atoms with Crippen molar-refractivity contribution in [2.24, 2.45) is 11.8 Å². The largest absolute Gasteiger partial charge is 0.465 e. The number of anilines is 1. The molecule has 9 nitrogen and oxygen atoms in total. The van der Waals surface area contributed by atoms with E-state index in [0.717, 1.165) is 10.5 Å². The number of methoxy groups -OCH3 is 1. The lowest BCUT2D eigenvalue weighted by Gasteiger charge is -2.25. The quantitative estimate of drug-likeness (QED) is 0.343. The highest BCUT2D eigenvalue weighted by Crippen LogP contribution is 2.36. The van der Waals surface area contributed by atoms with E-state index in [1.807, 2.05) is 18.2 Å². The zero-order valence-electron chi connectivity index (χ0n) is 19.7. The van der Waals surface area contributed by atoms with Crippen LogP contribution in [0.5, 0.6) is 0 Å². The number of likely N-dealkylation sites (tertiary alicyclic amines) is 1. The van der Waals surface area contributed by atoms with Crippen molar-refractivity contribution in [3.63, 3.8) is 0 Å². The summed E-state index contributed by atoms with van der Waals surface area (Å²) in [7, 11) is 1.27. The van der Waals surface area contributed by atoms with E-state index in [1.54, 1.807) is 24.3 Å². The monoisotopic (exact) mass is 490 g/mol. The van der Waals surface area contributed by atoms with Crippen LogP contribution in [-0.4, -0.2) is 54.3 Å². The van der Waals surface area contributed by atoms with Crippen molar-refractivity contribution >= 4 is 35.3 Å². The smallest absolute Gasteiger partial charge is 0.337 e. The molecule has 1 fully saturated rings. The van der Waals surface area contributed by atoms with Crippen LogP contribution in [0.25, 0.3) is 0 Å². The SMILES string of the molecule is COC(=O)c1ccc(NC(=O)COC(=O)[C@H](Cc2ccccc2)N2C(=O)[C@H]3CC=CC[C@@H]3C2=O)cc1. The molecule has 0 saturated carbocycles. The van der Waals surface area contributed by atoms with Crippen molar-refractivity contribution in [3.8, 4) is 0 Å². The van der Waals surface area contributed by atoms with E-state index in [1.165, 1.54) is 31.4 Å². The molecule has 2 aromatic rings. The summed E-state index contributed by atoms with van der Waals surface area (Å²) in [6.45, 7) is -0.604. The number of rotatable bonds is 8. The van der Waals surface area contributed by atoms with Crippen molar-refractivity contribution in [1.82, 2.24) is 4.90 Å². The highest BCUT2D eigenvalue weighted by Gasteiger charge is 2.51. The number of carbonyl (C=O) groups excluding carboxylic acids is 5. The lowest BCUT2D eigenvalue weighted by atomic mass is 9.85. The van der Waals surface area contributed by atoms with Crippen LogP contribution in [-0.2, 0) is 35.1 Å². The van der Waals surface area contributed by atoms with Gasteiger partial charge in [-0.05, 0) is 42.7 Å². The summed E-state index contributed by atoms with van der Waals surface area (Å²) in [6.07, 6.45) is 4.75. The molecule has 1 aliphatic heterocycles. The molecule has 9 heteroatoms. The normalized spacial score (nSPS) is 19.4. The number of nitrogens with one attached hydrogen (secondary N) is 1. The molecule has 1 saturated heterocycles. The van der Waals surface area contributed by atoms with Crippen LogP contribution in [0.15, 0.2) is 66.7 Å². The van der Waals surface area contributed by atoms with E-state index < -0.39 is 42.3 Å². The second-order valence-electron chi connectivity index (χ2n) is 8.63. The van der Waals surface area contributed by atoms with E-state index >= 15 is 0 Å². The Balaban J connectivity index is 1.44. The van der Waals surface area contributed by atoms with Gasteiger partial charge in [0.1, 0.15) is 6.04 Å². The van der Waals surface area contributed by atoms with Crippen molar-refractivity contribution < 1.29 is 33.4 Å². The fraction of sp³-hybridized carbons (Fsp3) is 0.296. The summed E-state index contributed by atoms with van der Waals surface area (Å²) in [5.74, 6) is -3.68. The summed E-state index contributed by atoms with van der Waals surface area (Å²) < 4.78 is 9.90. The fourth-order valence-electron chi connectivity index (χ4n) is 4.49. The van der Waals surface area contributed by atoms with Crippen LogP contribution in [0.2, 0.25) is 0 Å². The Morgan fingerprint density at radius 3 is 2.14 bits per heavy atom. The summed E-state index contributed by atoms with van der Waals surface area (Å²) >= 11 is 0. The van der Waals surface area contributed by atoms with Gasteiger partial charge >= 0.3 is 11.9 Å². The van der Waals surface area contributed by atoms with Gasteiger partial charge in [0.05, 0.1) is 24.5 Å². The number of allylic oxidation sites excluding steroid dienone is 2. The molecule has 186 valence electrons. The third-order valence-corrected chi connectivity index (χ3v) is 6.33. The molecule has 0 spiro atoms. The first kappa shape index (κ1) is 24.8. The van der Waals surface area contributed by atoms with Crippen molar-refractivity contribution in [2.45, 2.75) is 25.3 Å². The number of hydrogen-bond acceptors (Lipinski definition) is 7. The number of amides is 3. The molecule has 1 N–H and O–H groups in total. The summed E-state index contributed by atoms with van der Waals surface area (Å²) in [6, 6.07) is 13.8. The standard InChI is InChI=1S/C27H26N2O7/c1-35-26(33)18-11-13-19(14-12-18)28-23(30)16-36-27(34)22(15-17-7-3-2-4-8-17)29-24(31)20-9-5-6-10-21(20)25(29)32/h2-8,11-14,20-22H,9-10,15-16H2,1H3,(H,28,30)/t20-,21-,22-/m0/s1. The van der Waals surface area contributed by atoms with E-state index in [0.29, 0.717) is 24.1 Å². The molecule has 1 aliphatic carbocycles. The molecule has 2 aromatic carbocycles. The maximum Gasteiger partial charge on any atom is 0.337 e. The van der Waals surface area contributed by atoms with E-state index in [9.17, 15) is 24.0 Å². The molecule has 0 aromatic heterocycles. The average molecular weight is 491 g/mol. The Morgan fingerprint density at radius 2 is 1.56 bits per heavy atom. The Bertz CT molecular complexity index is 1160. The number of fused-ring (bicyclic) bond motifs is 1. The Kier molecular flexibility index (Phi) is 7.58. The molecule has 4 rings (SSSR count). The van der Waals surface area contributed by atoms with Gasteiger partial charge in [-0.3, -0.25) is 19.3 Å². The van der Waals surface area contributed by atoms with Crippen LogP contribution in [0.4, 0.5) is 5.69 Å². The minimum absolute atomic E-state index is 0.0840. The number of nitrogens with zero attached hydrogens (tertiary/aromatic N) is 1. The Hall–Kier alpha value is -4.27. The first-order valence-corrected chi connectivity index (χ1v) is 11.6. The van der Waals surface area contributed by atoms with Crippen molar-refractivity contribution in [1.29, 1.82) is 0 Å². The number of esters is 2. The van der Waals surface area contributed by atoms with E-state index in [2.05, 4.69) is 10.1 Å². The van der Waals surface area contributed by atoms with E-state index in [4.69, 9.17) is 4.74 Å². The number of ether oxygens (including phenoxy) is 2. The molecule has 1 heterocycles. The van der Waals surface area contributed by atoms with Crippen LogP contribution >= 0.6 is 0 Å². The lowest BCUT2D eigenvalue weighted by molar-refractivity contribution is -0.159. The number of benzene rings is 2. The van der Waals surface area contributed by atoms with Gasteiger partial charge in [-0.1, -0.05) is 42.5 Å². The third-order valence-electron chi connectivity index (χ3n) is 6.33. The van der Waals surface area contributed by atoms with Gasteiger partial charge in [-0.15, -0.1) is 0 Å². The zero-order chi connectivity index (χ0) is 25.7. The molecule has 3 atom stereocenters. The van der Waals surface area contributed by atoms with Gasteiger partial charge < -0.3 is 14.8 Å². The van der Waals surface area contributed by atoms with Gasteiger partial charge in [0.25, 0.3) is 5.91 Å². The second kappa shape index (κ2) is 11.0. The number of carbonyl (C=O) groups is 5. The highest BCUT2D eigenvalue weighted by atomic mass is 16.5. The molecule has 0 bridgehead atoms. The number of imide groups is 1. The van der Waals surface area contributed by atoms with Crippen LogP contribution < -0.4 is 5.32 Å². The fourth-order valence-corrected chi connectivity index (χ4v) is 4.49. The molecular formula is C27H26N2O7. The minimum Gasteiger partial charge on any atom is -0.465 e. The minimum atomic E-state index is -1.18. The zero-order valence-corrected chi connectivity index (χ0v) is 19.7. The van der Waals surface area contributed by atoms with Gasteiger partial charge in [0.2, 0.25) is 11.8 Å². The molecule has 36 heavy (non-hydrogen) atoms. The molecule has 0 radical (unpaired) electrons. The van der Waals surface area contributed by atoms with Crippen LogP contribution in [0.3, 0.4) is 0 Å². The first-order valence-electron chi connectivity index (χ1n) is 11.6. The first-order chi connectivity index (χ1) is 17.4. The molecule has 2 aliphatic rings. The summed E-state index contributed by atoms with van der Waals surface area (Å²) in [4.78, 5) is 64.3. The van der Waals surface area contributed by atoms with E-state index in [-0.39, 0.29) is 18.2 Å². The Morgan fingerprint density at radius 1 is 0.944 bits per heavy atom. The van der Waals surface area contributed by atoms with Crippen molar-refractivity contribution in [2.75, 3.05) is 19.0 Å². The maximum atomic E-state index is 13.1.